The first-order valence-corrected chi connectivity index (χ1v) is 4.83. The van der Waals surface area contributed by atoms with Crippen LogP contribution in [-0.2, 0) is 0 Å². The smallest absolute Gasteiger partial charge is 0.255 e. The van der Waals surface area contributed by atoms with Gasteiger partial charge < -0.3 is 10.4 Å². The van der Waals surface area contributed by atoms with Gasteiger partial charge in [0, 0.05) is 11.8 Å². The molecule has 0 bridgehead atoms. The molecular weight excluding hydrogens is 230 g/mol. The zero-order chi connectivity index (χ0) is 11.5. The van der Waals surface area contributed by atoms with Gasteiger partial charge >= 0.3 is 0 Å². The maximum atomic E-state index is 11.7. The van der Waals surface area contributed by atoms with Gasteiger partial charge in [-0.25, -0.2) is 0 Å². The van der Waals surface area contributed by atoms with E-state index in [1.54, 1.807) is 6.20 Å². The first-order valence-electron chi connectivity index (χ1n) is 4.45. The minimum atomic E-state index is -0.316. The number of benzene rings is 1. The first kappa shape index (κ1) is 10.5. The van der Waals surface area contributed by atoms with Gasteiger partial charge in [0.05, 0.1) is 16.9 Å². The SMILES string of the molecule is O=C(Nc1cn[nH]c1)c1ccc(O)c(Cl)c1. The molecule has 82 valence electrons. The number of carbonyl (C=O) groups is 1. The monoisotopic (exact) mass is 237 g/mol. The van der Waals surface area contributed by atoms with Gasteiger partial charge in [0.2, 0.25) is 0 Å². The van der Waals surface area contributed by atoms with Crippen molar-refractivity contribution >= 4 is 23.2 Å². The number of carbonyl (C=O) groups excluding carboxylic acids is 1. The number of amides is 1. The number of aromatic amines is 1. The summed E-state index contributed by atoms with van der Waals surface area (Å²) in [6.07, 6.45) is 3.04. The summed E-state index contributed by atoms with van der Waals surface area (Å²) in [5, 5.41) is 18.2. The van der Waals surface area contributed by atoms with E-state index in [-0.39, 0.29) is 16.7 Å². The van der Waals surface area contributed by atoms with Crippen molar-refractivity contribution in [3.8, 4) is 5.75 Å². The molecule has 0 saturated heterocycles. The van der Waals surface area contributed by atoms with Gasteiger partial charge in [-0.2, -0.15) is 5.10 Å². The molecule has 0 spiro atoms. The highest BCUT2D eigenvalue weighted by molar-refractivity contribution is 6.32. The van der Waals surface area contributed by atoms with Crippen molar-refractivity contribution in [3.05, 3.63) is 41.2 Å². The number of rotatable bonds is 2. The molecule has 0 fully saturated rings. The van der Waals surface area contributed by atoms with E-state index in [0.717, 1.165) is 0 Å². The summed E-state index contributed by atoms with van der Waals surface area (Å²) in [6.45, 7) is 0. The fourth-order valence-electron chi connectivity index (χ4n) is 1.17. The third kappa shape index (κ3) is 2.14. The number of hydrogen-bond acceptors (Lipinski definition) is 3. The van der Waals surface area contributed by atoms with Crippen LogP contribution in [0.2, 0.25) is 5.02 Å². The normalized spacial score (nSPS) is 10.1. The predicted molar refractivity (Wildman–Crippen MR) is 59.7 cm³/mol. The second-order valence-electron chi connectivity index (χ2n) is 3.11. The fraction of sp³-hybridized carbons (Fsp3) is 0. The number of anilines is 1. The van der Waals surface area contributed by atoms with Gasteiger partial charge in [-0.15, -0.1) is 0 Å². The number of phenols is 1. The van der Waals surface area contributed by atoms with E-state index in [4.69, 9.17) is 11.6 Å². The molecule has 0 aliphatic heterocycles. The number of hydrogen-bond donors (Lipinski definition) is 3. The minimum Gasteiger partial charge on any atom is -0.506 e. The minimum absolute atomic E-state index is 0.0541. The van der Waals surface area contributed by atoms with Crippen molar-refractivity contribution in [2.24, 2.45) is 0 Å². The molecule has 3 N–H and O–H groups in total. The van der Waals surface area contributed by atoms with Crippen LogP contribution in [0.15, 0.2) is 30.6 Å². The Balaban J connectivity index is 2.18. The van der Waals surface area contributed by atoms with Crippen molar-refractivity contribution in [1.29, 1.82) is 0 Å². The van der Waals surface area contributed by atoms with Gasteiger partial charge in [-0.1, -0.05) is 11.6 Å². The van der Waals surface area contributed by atoms with Gasteiger partial charge in [0.15, 0.2) is 0 Å². The quantitative estimate of drug-likeness (QED) is 0.748. The van der Waals surface area contributed by atoms with E-state index in [1.807, 2.05) is 0 Å². The lowest BCUT2D eigenvalue weighted by atomic mass is 10.2. The number of phenolic OH excluding ortho intramolecular Hbond substituents is 1. The molecule has 0 aliphatic carbocycles. The summed E-state index contributed by atoms with van der Waals surface area (Å²) in [7, 11) is 0. The Kier molecular flexibility index (Phi) is 2.78. The van der Waals surface area contributed by atoms with Crippen LogP contribution in [0.1, 0.15) is 10.4 Å². The number of aromatic hydroxyl groups is 1. The third-order valence-corrected chi connectivity index (χ3v) is 2.27. The Morgan fingerprint density at radius 2 is 2.31 bits per heavy atom. The zero-order valence-corrected chi connectivity index (χ0v) is 8.82. The third-order valence-electron chi connectivity index (χ3n) is 1.97. The van der Waals surface area contributed by atoms with Crippen molar-refractivity contribution in [1.82, 2.24) is 10.2 Å². The molecule has 1 aromatic heterocycles. The maximum Gasteiger partial charge on any atom is 0.255 e. The Hall–Kier alpha value is -2.01. The summed E-state index contributed by atoms with van der Waals surface area (Å²) >= 11 is 5.69. The highest BCUT2D eigenvalue weighted by Crippen LogP contribution is 2.23. The first-order chi connectivity index (χ1) is 7.66. The van der Waals surface area contributed by atoms with Crippen LogP contribution < -0.4 is 5.32 Å². The highest BCUT2D eigenvalue weighted by atomic mass is 35.5. The lowest BCUT2D eigenvalue weighted by Gasteiger charge is -2.03. The molecule has 0 radical (unpaired) electrons. The van der Waals surface area contributed by atoms with Crippen LogP contribution in [0.5, 0.6) is 5.75 Å². The summed E-state index contributed by atoms with van der Waals surface area (Å²) in [5.41, 5.74) is 0.929. The highest BCUT2D eigenvalue weighted by Gasteiger charge is 2.08. The molecule has 0 aliphatic rings. The van der Waals surface area contributed by atoms with E-state index in [2.05, 4.69) is 15.5 Å². The molecule has 0 unspecified atom stereocenters. The van der Waals surface area contributed by atoms with Crippen LogP contribution in [0, 0.1) is 0 Å². The van der Waals surface area contributed by atoms with Crippen molar-refractivity contribution < 1.29 is 9.90 Å². The molecule has 6 heteroatoms. The van der Waals surface area contributed by atoms with E-state index >= 15 is 0 Å². The molecular formula is C10H8ClN3O2. The molecule has 1 amide bonds. The van der Waals surface area contributed by atoms with E-state index in [9.17, 15) is 9.90 Å². The number of halogens is 1. The molecule has 0 saturated carbocycles. The lowest BCUT2D eigenvalue weighted by molar-refractivity contribution is 0.102. The van der Waals surface area contributed by atoms with Gasteiger partial charge in [0.1, 0.15) is 5.75 Å². The standard InChI is InChI=1S/C10H8ClN3O2/c11-8-3-6(1-2-9(8)15)10(16)14-7-4-12-13-5-7/h1-5,15H,(H,12,13)(H,14,16). The van der Waals surface area contributed by atoms with Crippen LogP contribution in [0.25, 0.3) is 0 Å². The fourth-order valence-corrected chi connectivity index (χ4v) is 1.35. The van der Waals surface area contributed by atoms with Crippen molar-refractivity contribution in [2.45, 2.75) is 0 Å². The average molecular weight is 238 g/mol. The molecule has 0 atom stereocenters. The van der Waals surface area contributed by atoms with Crippen molar-refractivity contribution in [2.75, 3.05) is 5.32 Å². The van der Waals surface area contributed by atoms with Crippen LogP contribution in [-0.4, -0.2) is 21.2 Å². The van der Waals surface area contributed by atoms with Gasteiger partial charge in [-0.3, -0.25) is 9.89 Å². The molecule has 16 heavy (non-hydrogen) atoms. The number of nitrogens with zero attached hydrogens (tertiary/aromatic N) is 1. The molecule has 5 nitrogen and oxygen atoms in total. The summed E-state index contributed by atoms with van der Waals surface area (Å²) in [6, 6.07) is 4.25. The second kappa shape index (κ2) is 4.24. The lowest BCUT2D eigenvalue weighted by Crippen LogP contribution is -2.11. The second-order valence-corrected chi connectivity index (χ2v) is 3.51. The van der Waals surface area contributed by atoms with Crippen LogP contribution in [0.4, 0.5) is 5.69 Å². The Labute approximate surface area is 96.1 Å². The molecule has 2 aromatic rings. The summed E-state index contributed by atoms with van der Waals surface area (Å²) < 4.78 is 0. The summed E-state index contributed by atoms with van der Waals surface area (Å²) in [5.74, 6) is -0.371. The Morgan fingerprint density at radius 3 is 2.94 bits per heavy atom. The van der Waals surface area contributed by atoms with E-state index in [0.29, 0.717) is 11.3 Å². The topological polar surface area (TPSA) is 78.0 Å². The maximum absolute atomic E-state index is 11.7. The molecule has 1 heterocycles. The zero-order valence-electron chi connectivity index (χ0n) is 8.07. The van der Waals surface area contributed by atoms with Crippen LogP contribution in [0.3, 0.4) is 0 Å². The Morgan fingerprint density at radius 1 is 1.50 bits per heavy atom. The van der Waals surface area contributed by atoms with Gasteiger partial charge in [0.25, 0.3) is 5.91 Å². The number of H-pyrrole nitrogens is 1. The van der Waals surface area contributed by atoms with Crippen LogP contribution >= 0.6 is 11.6 Å². The van der Waals surface area contributed by atoms with Crippen molar-refractivity contribution in [3.63, 3.8) is 0 Å². The van der Waals surface area contributed by atoms with E-state index < -0.39 is 0 Å². The molecule has 2 rings (SSSR count). The predicted octanol–water partition coefficient (Wildman–Crippen LogP) is 2.02. The molecule has 1 aromatic carbocycles. The number of aromatic nitrogens is 2. The Bertz CT molecular complexity index is 511. The van der Waals surface area contributed by atoms with Gasteiger partial charge in [-0.05, 0) is 18.2 Å². The number of nitrogens with one attached hydrogen (secondary N) is 2. The average Bonchev–Trinajstić information content (AvgIpc) is 2.74. The summed E-state index contributed by atoms with van der Waals surface area (Å²) in [4.78, 5) is 11.7. The van der Waals surface area contributed by atoms with E-state index in [1.165, 1.54) is 24.4 Å². The largest absolute Gasteiger partial charge is 0.506 e.